The van der Waals surface area contributed by atoms with Crippen LogP contribution in [0.15, 0.2) is 60.7 Å². The Morgan fingerprint density at radius 2 is 1.71 bits per heavy atom. The highest BCUT2D eigenvalue weighted by Crippen LogP contribution is 2.13. The Kier molecular flexibility index (Phi) is 6.85. The molecule has 0 aliphatic rings. The Morgan fingerprint density at radius 1 is 1.08 bits per heavy atom. The molecule has 1 amide bonds. The summed E-state index contributed by atoms with van der Waals surface area (Å²) in [7, 11) is 0. The van der Waals surface area contributed by atoms with E-state index >= 15 is 0 Å². The third kappa shape index (κ3) is 5.44. The van der Waals surface area contributed by atoms with Crippen molar-refractivity contribution in [2.75, 3.05) is 13.1 Å². The lowest BCUT2D eigenvalue weighted by atomic mass is 10.1. The quantitative estimate of drug-likeness (QED) is 0.748. The second kappa shape index (κ2) is 9.36. The summed E-state index contributed by atoms with van der Waals surface area (Å²) in [5, 5.41) is 8.84. The Bertz CT molecular complexity index is 665. The first-order valence-electron chi connectivity index (χ1n) is 8.12. The lowest BCUT2D eigenvalue weighted by Gasteiger charge is -2.25. The zero-order chi connectivity index (χ0) is 17.2. The zero-order valence-corrected chi connectivity index (χ0v) is 13.9. The van der Waals surface area contributed by atoms with Crippen LogP contribution in [-0.2, 0) is 11.2 Å². The molecule has 0 aliphatic carbocycles. The molecule has 0 spiro atoms. The van der Waals surface area contributed by atoms with Gasteiger partial charge >= 0.3 is 0 Å². The molecule has 0 aliphatic heterocycles. The van der Waals surface area contributed by atoms with Crippen molar-refractivity contribution in [1.82, 2.24) is 4.90 Å². The molecule has 124 valence electrons. The van der Waals surface area contributed by atoms with E-state index in [9.17, 15) is 4.79 Å². The SMILES string of the molecule is CC(Oc1ccccc1)C(=O)N(CCC#N)CCc1ccccc1. The van der Waals surface area contributed by atoms with Crippen LogP contribution >= 0.6 is 0 Å². The molecule has 0 saturated heterocycles. The van der Waals surface area contributed by atoms with Gasteiger partial charge in [-0.25, -0.2) is 0 Å². The van der Waals surface area contributed by atoms with Gasteiger partial charge in [0.05, 0.1) is 12.5 Å². The first-order chi connectivity index (χ1) is 11.7. The number of para-hydroxylation sites is 1. The highest BCUT2D eigenvalue weighted by molar-refractivity contribution is 5.81. The van der Waals surface area contributed by atoms with Gasteiger partial charge in [0.2, 0.25) is 0 Å². The molecule has 0 saturated carbocycles. The Labute approximate surface area is 143 Å². The van der Waals surface area contributed by atoms with Gasteiger partial charge in [0.25, 0.3) is 5.91 Å². The molecule has 4 heteroatoms. The Hall–Kier alpha value is -2.80. The third-order valence-electron chi connectivity index (χ3n) is 3.72. The molecule has 24 heavy (non-hydrogen) atoms. The van der Waals surface area contributed by atoms with E-state index in [1.54, 1.807) is 11.8 Å². The molecule has 2 aromatic carbocycles. The van der Waals surface area contributed by atoms with E-state index in [4.69, 9.17) is 10.00 Å². The number of carbonyl (C=O) groups excluding carboxylic acids is 1. The number of ether oxygens (including phenoxy) is 1. The van der Waals surface area contributed by atoms with Crippen molar-refractivity contribution in [3.8, 4) is 11.8 Å². The van der Waals surface area contributed by atoms with Gasteiger partial charge in [-0.05, 0) is 31.0 Å². The Morgan fingerprint density at radius 3 is 2.33 bits per heavy atom. The molecule has 0 radical (unpaired) electrons. The number of hydrogen-bond donors (Lipinski definition) is 0. The van der Waals surface area contributed by atoms with Crippen LogP contribution in [-0.4, -0.2) is 30.0 Å². The Balaban J connectivity index is 1.97. The van der Waals surface area contributed by atoms with Crippen LogP contribution in [0.25, 0.3) is 0 Å². The highest BCUT2D eigenvalue weighted by atomic mass is 16.5. The van der Waals surface area contributed by atoms with Crippen molar-refractivity contribution in [3.05, 3.63) is 66.2 Å². The summed E-state index contributed by atoms with van der Waals surface area (Å²) in [6.07, 6.45) is 0.496. The maximum Gasteiger partial charge on any atom is 0.263 e. The van der Waals surface area contributed by atoms with E-state index in [1.807, 2.05) is 60.7 Å². The predicted octanol–water partition coefficient (Wildman–Crippen LogP) is 3.44. The van der Waals surface area contributed by atoms with Crippen LogP contribution in [0.3, 0.4) is 0 Å². The average molecular weight is 322 g/mol. The number of nitrogens with zero attached hydrogens (tertiary/aromatic N) is 2. The molecule has 1 unspecified atom stereocenters. The van der Waals surface area contributed by atoms with Crippen LogP contribution < -0.4 is 4.74 Å². The first kappa shape index (κ1) is 17.6. The summed E-state index contributed by atoms with van der Waals surface area (Å²) in [6, 6.07) is 21.4. The molecule has 2 rings (SSSR count). The van der Waals surface area contributed by atoms with Crippen molar-refractivity contribution < 1.29 is 9.53 Å². The maximum atomic E-state index is 12.7. The number of rotatable bonds is 8. The van der Waals surface area contributed by atoms with E-state index in [-0.39, 0.29) is 5.91 Å². The molecule has 2 aromatic rings. The first-order valence-corrected chi connectivity index (χ1v) is 8.12. The van der Waals surface area contributed by atoms with Gasteiger partial charge in [0.1, 0.15) is 5.75 Å². The fourth-order valence-corrected chi connectivity index (χ4v) is 2.44. The molecule has 0 heterocycles. The highest BCUT2D eigenvalue weighted by Gasteiger charge is 2.21. The van der Waals surface area contributed by atoms with Crippen LogP contribution in [0.5, 0.6) is 5.75 Å². The molecular weight excluding hydrogens is 300 g/mol. The third-order valence-corrected chi connectivity index (χ3v) is 3.72. The van der Waals surface area contributed by atoms with E-state index in [0.717, 1.165) is 6.42 Å². The van der Waals surface area contributed by atoms with E-state index in [2.05, 4.69) is 6.07 Å². The van der Waals surface area contributed by atoms with Gasteiger partial charge in [-0.3, -0.25) is 4.79 Å². The standard InChI is InChI=1S/C20H22N2O2/c1-17(24-19-11-6-3-7-12-19)20(23)22(15-8-14-21)16-13-18-9-4-2-5-10-18/h2-7,9-12,17H,8,13,15-16H2,1H3. The van der Waals surface area contributed by atoms with Crippen molar-refractivity contribution in [2.45, 2.75) is 25.9 Å². The van der Waals surface area contributed by atoms with E-state index < -0.39 is 6.10 Å². The summed E-state index contributed by atoms with van der Waals surface area (Å²) in [5.41, 5.74) is 1.17. The van der Waals surface area contributed by atoms with Gasteiger partial charge in [-0.15, -0.1) is 0 Å². The molecule has 4 nitrogen and oxygen atoms in total. The smallest absolute Gasteiger partial charge is 0.263 e. The molecular formula is C20H22N2O2. The summed E-state index contributed by atoms with van der Waals surface area (Å²) in [6.45, 7) is 2.74. The fourth-order valence-electron chi connectivity index (χ4n) is 2.44. The van der Waals surface area contributed by atoms with E-state index in [1.165, 1.54) is 5.56 Å². The lowest BCUT2D eigenvalue weighted by Crippen LogP contribution is -2.42. The van der Waals surface area contributed by atoms with Crippen molar-refractivity contribution in [3.63, 3.8) is 0 Å². The molecule has 0 bridgehead atoms. The number of carbonyl (C=O) groups is 1. The lowest BCUT2D eigenvalue weighted by molar-refractivity contribution is -0.137. The van der Waals surface area contributed by atoms with Gasteiger partial charge in [-0.2, -0.15) is 5.26 Å². The summed E-state index contributed by atoms with van der Waals surface area (Å²) < 4.78 is 5.71. The minimum absolute atomic E-state index is 0.0926. The van der Waals surface area contributed by atoms with Gasteiger partial charge in [0, 0.05) is 13.1 Å². The number of hydrogen-bond acceptors (Lipinski definition) is 3. The predicted molar refractivity (Wildman–Crippen MR) is 93.5 cm³/mol. The maximum absolute atomic E-state index is 12.7. The van der Waals surface area contributed by atoms with Crippen LogP contribution in [0.4, 0.5) is 0 Å². The molecule has 0 fully saturated rings. The minimum Gasteiger partial charge on any atom is -0.481 e. The monoisotopic (exact) mass is 322 g/mol. The van der Waals surface area contributed by atoms with Crippen LogP contribution in [0, 0.1) is 11.3 Å². The second-order valence-corrected chi connectivity index (χ2v) is 5.54. The van der Waals surface area contributed by atoms with Crippen LogP contribution in [0.1, 0.15) is 18.9 Å². The van der Waals surface area contributed by atoms with Crippen LogP contribution in [0.2, 0.25) is 0 Å². The fraction of sp³-hybridized carbons (Fsp3) is 0.300. The second-order valence-electron chi connectivity index (χ2n) is 5.54. The number of nitriles is 1. The number of benzene rings is 2. The summed E-state index contributed by atoms with van der Waals surface area (Å²) in [4.78, 5) is 14.4. The average Bonchev–Trinajstić information content (AvgIpc) is 2.63. The molecule has 0 N–H and O–H groups in total. The normalized spacial score (nSPS) is 11.3. The summed E-state index contributed by atoms with van der Waals surface area (Å²) >= 11 is 0. The van der Waals surface area contributed by atoms with Gasteiger partial charge in [-0.1, -0.05) is 48.5 Å². The largest absolute Gasteiger partial charge is 0.481 e. The van der Waals surface area contributed by atoms with Crippen molar-refractivity contribution in [2.24, 2.45) is 0 Å². The van der Waals surface area contributed by atoms with Gasteiger partial charge < -0.3 is 9.64 Å². The summed E-state index contributed by atoms with van der Waals surface area (Å²) in [5.74, 6) is 0.576. The topological polar surface area (TPSA) is 53.3 Å². The van der Waals surface area contributed by atoms with E-state index in [0.29, 0.717) is 25.3 Å². The molecule has 0 aromatic heterocycles. The van der Waals surface area contributed by atoms with Gasteiger partial charge in [0.15, 0.2) is 6.10 Å². The van der Waals surface area contributed by atoms with Crippen molar-refractivity contribution in [1.29, 1.82) is 5.26 Å². The zero-order valence-electron chi connectivity index (χ0n) is 13.9. The van der Waals surface area contributed by atoms with Crippen molar-refractivity contribution >= 4 is 5.91 Å². The molecule has 1 atom stereocenters. The number of amides is 1. The minimum atomic E-state index is -0.582.